The number of anilines is 1. The van der Waals surface area contributed by atoms with Gasteiger partial charge in [0.25, 0.3) is 5.91 Å². The van der Waals surface area contributed by atoms with Crippen LogP contribution in [0.5, 0.6) is 5.75 Å². The predicted molar refractivity (Wildman–Crippen MR) is 123 cm³/mol. The average molecular weight is 462 g/mol. The molecule has 0 spiro atoms. The van der Waals surface area contributed by atoms with Crippen LogP contribution >= 0.6 is 11.3 Å². The molecule has 1 aliphatic heterocycles. The largest absolute Gasteiger partial charge is 0.505 e. The van der Waals surface area contributed by atoms with Crippen LogP contribution in [0.2, 0.25) is 0 Å². The third-order valence-corrected chi connectivity index (χ3v) is 6.27. The molecule has 11 heteroatoms. The normalized spacial score (nSPS) is 17.0. The number of aliphatic imine (C=N–C) groups is 1. The fourth-order valence-electron chi connectivity index (χ4n) is 2.86. The van der Waals surface area contributed by atoms with E-state index in [1.165, 1.54) is 28.4 Å². The zero-order valence-electron chi connectivity index (χ0n) is 17.5. The lowest BCUT2D eigenvalue weighted by Crippen LogP contribution is -2.31. The van der Waals surface area contributed by atoms with Gasteiger partial charge in [0.2, 0.25) is 0 Å². The first-order chi connectivity index (χ1) is 14.5. The van der Waals surface area contributed by atoms with Crippen LogP contribution in [-0.4, -0.2) is 50.1 Å². The number of hydrogen-bond acceptors (Lipinski definition) is 7. The van der Waals surface area contributed by atoms with Gasteiger partial charge in [-0.1, -0.05) is 18.2 Å². The second-order valence-electron chi connectivity index (χ2n) is 7.22. The van der Waals surface area contributed by atoms with E-state index >= 15 is 0 Å². The lowest BCUT2D eigenvalue weighted by Gasteiger charge is -2.15. The van der Waals surface area contributed by atoms with Gasteiger partial charge in [-0.2, -0.15) is 8.42 Å². The number of amidine groups is 2. The molecule has 2 aromatic rings. The van der Waals surface area contributed by atoms with Crippen LogP contribution in [0.25, 0.3) is 0 Å². The molecular formula is C20H23N5O4S2. The topological polar surface area (TPSA) is 123 Å². The molecule has 3 N–H and O–H groups in total. The first kappa shape index (κ1) is 22.5. The van der Waals surface area contributed by atoms with Crippen LogP contribution < -0.4 is 10.0 Å². The molecule has 31 heavy (non-hydrogen) atoms. The van der Waals surface area contributed by atoms with Crippen LogP contribution in [0.1, 0.15) is 33.1 Å². The fourth-order valence-corrected chi connectivity index (χ4v) is 4.68. The summed E-state index contributed by atoms with van der Waals surface area (Å²) < 4.78 is 30.2. The number of aryl methyl sites for hydroxylation is 1. The highest BCUT2D eigenvalue weighted by Gasteiger charge is 2.29. The van der Waals surface area contributed by atoms with E-state index in [1.807, 2.05) is 19.1 Å². The number of rotatable bonds is 5. The van der Waals surface area contributed by atoms with Crippen molar-refractivity contribution < 1.29 is 18.3 Å². The number of phenols is 1. The Hall–Kier alpha value is -3.18. The van der Waals surface area contributed by atoms with Crippen LogP contribution in [0.4, 0.5) is 5.69 Å². The Kier molecular flexibility index (Phi) is 6.18. The van der Waals surface area contributed by atoms with Gasteiger partial charge >= 0.3 is 10.2 Å². The van der Waals surface area contributed by atoms with Crippen molar-refractivity contribution >= 4 is 44.8 Å². The molecule has 0 aliphatic carbocycles. The summed E-state index contributed by atoms with van der Waals surface area (Å²) in [5.41, 5.74) is 0.912. The van der Waals surface area contributed by atoms with Gasteiger partial charge in [0.15, 0.2) is 17.4 Å². The van der Waals surface area contributed by atoms with Crippen molar-refractivity contribution in [2.24, 2.45) is 9.39 Å². The lowest BCUT2D eigenvalue weighted by molar-refractivity contribution is 0.0824. The quantitative estimate of drug-likeness (QED) is 0.467. The smallest absolute Gasteiger partial charge is 0.345 e. The second-order valence-corrected chi connectivity index (χ2v) is 9.87. The molecule has 0 saturated carbocycles. The predicted octanol–water partition coefficient (Wildman–Crippen LogP) is 2.84. The van der Waals surface area contributed by atoms with Crippen molar-refractivity contribution in [1.29, 1.82) is 0 Å². The molecule has 1 aromatic heterocycles. The number of aromatic hydroxyl groups is 1. The number of nitrogens with one attached hydrogen (secondary N) is 2. The van der Waals surface area contributed by atoms with Crippen molar-refractivity contribution in [2.45, 2.75) is 19.9 Å². The summed E-state index contributed by atoms with van der Waals surface area (Å²) in [6.07, 6.45) is 0. The van der Waals surface area contributed by atoms with Crippen LogP contribution in [0, 0.1) is 6.92 Å². The number of carbonyl (C=O) groups is 1. The van der Waals surface area contributed by atoms with Gasteiger partial charge in [0.05, 0.1) is 11.3 Å². The van der Waals surface area contributed by atoms with E-state index < -0.39 is 22.2 Å². The third-order valence-electron chi connectivity index (χ3n) is 4.34. The maximum absolute atomic E-state index is 12.3. The van der Waals surface area contributed by atoms with E-state index in [0.29, 0.717) is 0 Å². The summed E-state index contributed by atoms with van der Waals surface area (Å²) in [7, 11) is -0.877. The monoisotopic (exact) mass is 461 g/mol. The Labute approximate surface area is 185 Å². The summed E-state index contributed by atoms with van der Waals surface area (Å²) in [6, 6.07) is 7.94. The van der Waals surface area contributed by atoms with Gasteiger partial charge in [-0.05, 0) is 38.1 Å². The van der Waals surface area contributed by atoms with E-state index in [4.69, 9.17) is 0 Å². The molecule has 1 atom stereocenters. The minimum absolute atomic E-state index is 0.0113. The SMILES string of the molecule is C=C(C)[C@@H](N=C1NS(=O)(=O)N=C1Nc1cccc(C(=O)N(C)C)c1O)c1ccc(C)s1. The standard InChI is InChI=1S/C20H23N5O4S2/c1-11(2)16(15-10-9-12(3)30-15)22-19-18(23-31(28,29)24-19)21-14-8-6-7-13(17(14)26)20(27)25(4)5/h6-10,16,26H,1H2,2-5H3,(H,21,23)(H,22,24)/t16-/m1/s1. The number of carbonyl (C=O) groups excluding carboxylic acids is 1. The second kappa shape index (κ2) is 8.52. The maximum atomic E-state index is 12.3. The summed E-state index contributed by atoms with van der Waals surface area (Å²) >= 11 is 1.54. The number of phenolic OH excluding ortho intramolecular Hbond substituents is 1. The minimum atomic E-state index is -4.00. The molecule has 2 heterocycles. The first-order valence-corrected chi connectivity index (χ1v) is 11.5. The Morgan fingerprint density at radius 2 is 2.03 bits per heavy atom. The van der Waals surface area contributed by atoms with Crippen molar-refractivity contribution in [2.75, 3.05) is 19.4 Å². The highest BCUT2D eigenvalue weighted by molar-refractivity contribution is 7.89. The summed E-state index contributed by atoms with van der Waals surface area (Å²) in [6.45, 7) is 7.74. The Bertz CT molecular complexity index is 1210. The fraction of sp³-hybridized carbons (Fsp3) is 0.250. The van der Waals surface area contributed by atoms with E-state index in [2.05, 4.69) is 26.0 Å². The number of hydrogen-bond donors (Lipinski definition) is 3. The summed E-state index contributed by atoms with van der Waals surface area (Å²) in [5.74, 6) is -0.825. The molecule has 1 aromatic carbocycles. The van der Waals surface area contributed by atoms with Crippen molar-refractivity contribution in [1.82, 2.24) is 9.62 Å². The van der Waals surface area contributed by atoms with Gasteiger partial charge in [0.1, 0.15) is 6.04 Å². The molecule has 1 amide bonds. The van der Waals surface area contributed by atoms with E-state index in [-0.39, 0.29) is 28.7 Å². The Morgan fingerprint density at radius 3 is 2.61 bits per heavy atom. The summed E-state index contributed by atoms with van der Waals surface area (Å²) in [5, 5.41) is 13.3. The van der Waals surface area contributed by atoms with Crippen molar-refractivity contribution in [3.05, 3.63) is 57.8 Å². The van der Waals surface area contributed by atoms with E-state index in [1.54, 1.807) is 27.1 Å². The van der Waals surface area contributed by atoms with Gasteiger partial charge in [0, 0.05) is 23.8 Å². The highest BCUT2D eigenvalue weighted by atomic mass is 32.2. The van der Waals surface area contributed by atoms with Crippen LogP contribution in [0.15, 0.2) is 51.9 Å². The average Bonchev–Trinajstić information content (AvgIpc) is 3.22. The molecule has 3 rings (SSSR count). The van der Waals surface area contributed by atoms with E-state index in [9.17, 15) is 18.3 Å². The minimum Gasteiger partial charge on any atom is -0.505 e. The molecule has 0 saturated heterocycles. The van der Waals surface area contributed by atoms with Crippen molar-refractivity contribution in [3.8, 4) is 5.75 Å². The Morgan fingerprint density at radius 1 is 1.32 bits per heavy atom. The molecule has 1 aliphatic rings. The van der Waals surface area contributed by atoms with Gasteiger partial charge < -0.3 is 15.3 Å². The Balaban J connectivity index is 2.00. The van der Waals surface area contributed by atoms with Crippen LogP contribution in [0.3, 0.4) is 0 Å². The van der Waals surface area contributed by atoms with Gasteiger partial charge in [-0.25, -0.2) is 4.72 Å². The molecule has 9 nitrogen and oxygen atoms in total. The zero-order chi connectivity index (χ0) is 22.9. The maximum Gasteiger partial charge on any atom is 0.345 e. The molecule has 0 fully saturated rings. The highest BCUT2D eigenvalue weighted by Crippen LogP contribution is 2.32. The number of thiophene rings is 1. The lowest BCUT2D eigenvalue weighted by atomic mass is 10.1. The number of benzene rings is 1. The van der Waals surface area contributed by atoms with Crippen molar-refractivity contribution in [3.63, 3.8) is 0 Å². The first-order valence-electron chi connectivity index (χ1n) is 9.22. The molecule has 0 radical (unpaired) electrons. The van der Waals surface area contributed by atoms with Gasteiger partial charge in [-0.15, -0.1) is 15.7 Å². The molecular weight excluding hydrogens is 438 g/mol. The number of amides is 1. The molecule has 164 valence electrons. The summed E-state index contributed by atoms with van der Waals surface area (Å²) in [4.78, 5) is 20.1. The zero-order valence-corrected chi connectivity index (χ0v) is 19.1. The van der Waals surface area contributed by atoms with Gasteiger partial charge in [-0.3, -0.25) is 9.79 Å². The number of nitrogens with zero attached hydrogens (tertiary/aromatic N) is 3. The van der Waals surface area contributed by atoms with Crippen LogP contribution in [-0.2, 0) is 10.2 Å². The molecule has 0 bridgehead atoms. The third kappa shape index (κ3) is 4.94. The molecule has 0 unspecified atom stereocenters. The van der Waals surface area contributed by atoms with E-state index in [0.717, 1.165) is 15.3 Å². The number of para-hydroxylation sites is 1.